The number of H-pyrrole nitrogens is 1. The van der Waals surface area contributed by atoms with E-state index in [2.05, 4.69) is 16.9 Å². The first kappa shape index (κ1) is 20.5. The van der Waals surface area contributed by atoms with E-state index in [4.69, 9.17) is 16.3 Å². The molecule has 0 saturated carbocycles. The Morgan fingerprint density at radius 2 is 2.10 bits per heavy atom. The van der Waals surface area contributed by atoms with E-state index < -0.39 is 0 Å². The number of unbranched alkanes of at least 4 members (excludes halogenated alkanes) is 2. The molecule has 0 unspecified atom stereocenters. The van der Waals surface area contributed by atoms with Crippen LogP contribution < -0.4 is 9.64 Å². The van der Waals surface area contributed by atoms with Gasteiger partial charge in [0, 0.05) is 49.2 Å². The second-order valence-corrected chi connectivity index (χ2v) is 8.00. The Bertz CT molecular complexity index is 1020. The molecule has 4 rings (SSSR count). The lowest BCUT2D eigenvalue weighted by Gasteiger charge is -2.36. The van der Waals surface area contributed by atoms with Crippen LogP contribution in [0, 0.1) is 0 Å². The van der Waals surface area contributed by atoms with Gasteiger partial charge in [-0.05, 0) is 42.7 Å². The molecule has 0 atom stereocenters. The first-order valence-corrected chi connectivity index (χ1v) is 10.9. The number of fused-ring (bicyclic) bond motifs is 1. The van der Waals surface area contributed by atoms with Gasteiger partial charge in [0.25, 0.3) is 0 Å². The number of benzene rings is 1. The van der Waals surface area contributed by atoms with Gasteiger partial charge in [-0.1, -0.05) is 31.4 Å². The van der Waals surface area contributed by atoms with Crippen molar-refractivity contribution in [3.63, 3.8) is 0 Å². The standard InChI is InChI=1S/C23H27ClN4O2/c1-2-3-4-14-30-21-15-18(6-7-20(21)24)28-13-5-12-27(23(28)29)16-17-8-10-25-22-19(17)9-11-26-22/h6-11,15H,2-5,12-14,16H2,1H3,(H,25,26). The molecular formula is C23H27ClN4O2. The van der Waals surface area contributed by atoms with E-state index >= 15 is 0 Å². The van der Waals surface area contributed by atoms with Gasteiger partial charge < -0.3 is 14.6 Å². The van der Waals surface area contributed by atoms with Gasteiger partial charge in [0.05, 0.1) is 11.6 Å². The maximum Gasteiger partial charge on any atom is 0.324 e. The molecule has 1 aliphatic rings. The zero-order valence-corrected chi connectivity index (χ0v) is 18.0. The second-order valence-electron chi connectivity index (χ2n) is 7.59. The number of anilines is 1. The molecule has 0 bridgehead atoms. The Morgan fingerprint density at radius 3 is 2.97 bits per heavy atom. The fraction of sp³-hybridized carbons (Fsp3) is 0.391. The number of ether oxygens (including phenoxy) is 1. The number of halogens is 1. The van der Waals surface area contributed by atoms with E-state index in [0.717, 1.165) is 54.5 Å². The zero-order chi connectivity index (χ0) is 20.9. The van der Waals surface area contributed by atoms with Crippen LogP contribution in [0.2, 0.25) is 5.02 Å². The molecule has 1 saturated heterocycles. The van der Waals surface area contributed by atoms with Crippen molar-refractivity contribution in [2.75, 3.05) is 24.6 Å². The van der Waals surface area contributed by atoms with Gasteiger partial charge in [-0.3, -0.25) is 4.90 Å². The highest BCUT2D eigenvalue weighted by Crippen LogP contribution is 2.32. The Balaban J connectivity index is 1.49. The summed E-state index contributed by atoms with van der Waals surface area (Å²) in [4.78, 5) is 24.4. The average molecular weight is 427 g/mol. The van der Waals surface area contributed by atoms with Crippen molar-refractivity contribution in [2.45, 2.75) is 39.2 Å². The molecule has 158 valence electrons. The van der Waals surface area contributed by atoms with E-state index in [9.17, 15) is 4.79 Å². The molecule has 30 heavy (non-hydrogen) atoms. The fourth-order valence-corrected chi connectivity index (χ4v) is 4.01. The van der Waals surface area contributed by atoms with Crippen LogP contribution in [0.1, 0.15) is 38.2 Å². The van der Waals surface area contributed by atoms with Gasteiger partial charge in [0.2, 0.25) is 0 Å². The fourth-order valence-electron chi connectivity index (χ4n) is 3.83. The number of hydrogen-bond donors (Lipinski definition) is 1. The van der Waals surface area contributed by atoms with Crippen molar-refractivity contribution in [3.05, 3.63) is 53.3 Å². The topological polar surface area (TPSA) is 61.5 Å². The van der Waals surface area contributed by atoms with Crippen LogP contribution in [0.3, 0.4) is 0 Å². The van der Waals surface area contributed by atoms with Crippen LogP contribution in [0.4, 0.5) is 10.5 Å². The number of aromatic amines is 1. The minimum absolute atomic E-state index is 0.000929. The number of urea groups is 1. The molecule has 0 spiro atoms. The first-order valence-electron chi connectivity index (χ1n) is 10.6. The maximum absolute atomic E-state index is 13.3. The SMILES string of the molecule is CCCCCOc1cc(N2CCCN(Cc3ccnc4[nH]ccc34)C2=O)ccc1Cl. The molecule has 0 aliphatic carbocycles. The maximum atomic E-state index is 13.3. The number of amides is 2. The van der Waals surface area contributed by atoms with Crippen LogP contribution in [-0.4, -0.2) is 40.6 Å². The van der Waals surface area contributed by atoms with E-state index in [1.54, 1.807) is 6.20 Å². The summed E-state index contributed by atoms with van der Waals surface area (Å²) >= 11 is 6.32. The van der Waals surface area contributed by atoms with Crippen LogP contribution in [0.15, 0.2) is 42.7 Å². The van der Waals surface area contributed by atoms with Crippen LogP contribution in [-0.2, 0) is 6.54 Å². The van der Waals surface area contributed by atoms with Gasteiger partial charge in [0.15, 0.2) is 0 Å². The summed E-state index contributed by atoms with van der Waals surface area (Å²) in [5.74, 6) is 0.637. The van der Waals surface area contributed by atoms with Gasteiger partial charge in [0.1, 0.15) is 11.4 Å². The molecule has 1 fully saturated rings. The number of carbonyl (C=O) groups excluding carboxylic acids is 1. The summed E-state index contributed by atoms with van der Waals surface area (Å²) in [6.45, 7) is 4.76. The minimum atomic E-state index is 0.000929. The largest absolute Gasteiger partial charge is 0.492 e. The third kappa shape index (κ3) is 4.38. The van der Waals surface area contributed by atoms with Crippen LogP contribution >= 0.6 is 11.6 Å². The lowest BCUT2D eigenvalue weighted by atomic mass is 10.1. The lowest BCUT2D eigenvalue weighted by Crippen LogP contribution is -2.49. The van der Waals surface area contributed by atoms with Crippen molar-refractivity contribution in [2.24, 2.45) is 0 Å². The second kappa shape index (κ2) is 9.39. The Hall–Kier alpha value is -2.73. The first-order chi connectivity index (χ1) is 14.7. The number of nitrogens with zero attached hydrogens (tertiary/aromatic N) is 3. The Labute approximate surface area is 181 Å². The molecule has 0 radical (unpaired) electrons. The van der Waals surface area contributed by atoms with Gasteiger partial charge in [-0.15, -0.1) is 0 Å². The van der Waals surface area contributed by atoms with Crippen molar-refractivity contribution in [1.82, 2.24) is 14.9 Å². The Morgan fingerprint density at radius 1 is 1.20 bits per heavy atom. The number of aromatic nitrogens is 2. The smallest absolute Gasteiger partial charge is 0.324 e. The molecule has 1 aromatic carbocycles. The van der Waals surface area contributed by atoms with Gasteiger partial charge in [-0.2, -0.15) is 0 Å². The van der Waals surface area contributed by atoms with Crippen molar-refractivity contribution >= 4 is 34.4 Å². The summed E-state index contributed by atoms with van der Waals surface area (Å²) in [5.41, 5.74) is 2.75. The molecule has 7 heteroatoms. The van der Waals surface area contributed by atoms with Crippen molar-refractivity contribution in [1.29, 1.82) is 0 Å². The highest BCUT2D eigenvalue weighted by atomic mass is 35.5. The van der Waals surface area contributed by atoms with Gasteiger partial charge >= 0.3 is 6.03 Å². The van der Waals surface area contributed by atoms with Crippen molar-refractivity contribution < 1.29 is 9.53 Å². The average Bonchev–Trinajstić information content (AvgIpc) is 3.24. The third-order valence-corrected chi connectivity index (χ3v) is 5.77. The molecule has 1 N–H and O–H groups in total. The molecule has 2 amide bonds. The lowest BCUT2D eigenvalue weighted by molar-refractivity contribution is 0.192. The highest BCUT2D eigenvalue weighted by Gasteiger charge is 2.27. The number of carbonyl (C=O) groups is 1. The highest BCUT2D eigenvalue weighted by molar-refractivity contribution is 6.32. The minimum Gasteiger partial charge on any atom is -0.492 e. The van der Waals surface area contributed by atoms with Crippen LogP contribution in [0.25, 0.3) is 11.0 Å². The van der Waals surface area contributed by atoms with Gasteiger partial charge in [-0.25, -0.2) is 9.78 Å². The monoisotopic (exact) mass is 426 g/mol. The van der Waals surface area contributed by atoms with E-state index in [0.29, 0.717) is 30.5 Å². The molecule has 3 heterocycles. The predicted octanol–water partition coefficient (Wildman–Crippen LogP) is 5.62. The van der Waals surface area contributed by atoms with Crippen LogP contribution in [0.5, 0.6) is 5.75 Å². The zero-order valence-electron chi connectivity index (χ0n) is 17.2. The predicted molar refractivity (Wildman–Crippen MR) is 120 cm³/mol. The number of hydrogen-bond acceptors (Lipinski definition) is 3. The number of pyridine rings is 1. The molecule has 3 aromatic rings. The Kier molecular flexibility index (Phi) is 6.43. The number of nitrogens with one attached hydrogen (secondary N) is 1. The summed E-state index contributed by atoms with van der Waals surface area (Å²) in [7, 11) is 0. The molecule has 6 nitrogen and oxygen atoms in total. The van der Waals surface area contributed by atoms with E-state index in [-0.39, 0.29) is 6.03 Å². The summed E-state index contributed by atoms with van der Waals surface area (Å²) in [5, 5.41) is 1.62. The van der Waals surface area contributed by atoms with E-state index in [1.807, 2.05) is 46.3 Å². The van der Waals surface area contributed by atoms with E-state index in [1.165, 1.54) is 0 Å². The summed E-state index contributed by atoms with van der Waals surface area (Å²) < 4.78 is 5.87. The quantitative estimate of drug-likeness (QED) is 0.475. The summed E-state index contributed by atoms with van der Waals surface area (Å²) in [6.07, 6.45) is 7.82. The third-order valence-electron chi connectivity index (χ3n) is 5.45. The molecule has 1 aliphatic heterocycles. The normalized spacial score (nSPS) is 14.5. The number of rotatable bonds is 8. The van der Waals surface area contributed by atoms with Crippen molar-refractivity contribution in [3.8, 4) is 5.75 Å². The summed E-state index contributed by atoms with van der Waals surface area (Å²) in [6, 6.07) is 9.56. The molecule has 2 aromatic heterocycles. The molecular weight excluding hydrogens is 400 g/mol.